The summed E-state index contributed by atoms with van der Waals surface area (Å²) in [4.78, 5) is 9.25. The van der Waals surface area contributed by atoms with E-state index < -0.39 is 0 Å². The normalized spacial score (nSPS) is 15.3. The van der Waals surface area contributed by atoms with Crippen molar-refractivity contribution in [3.63, 3.8) is 0 Å². The summed E-state index contributed by atoms with van der Waals surface area (Å²) in [6.45, 7) is 7.15. The van der Waals surface area contributed by atoms with Crippen molar-refractivity contribution in [2.45, 2.75) is 39.5 Å². The number of nitrogens with zero attached hydrogens (tertiary/aromatic N) is 5. The van der Waals surface area contributed by atoms with Crippen molar-refractivity contribution in [3.05, 3.63) is 36.0 Å². The molecule has 122 valence electrons. The molecular formula is C18H25N5. The van der Waals surface area contributed by atoms with Crippen LogP contribution in [0.3, 0.4) is 0 Å². The molecule has 0 radical (unpaired) electrons. The van der Waals surface area contributed by atoms with Gasteiger partial charge >= 0.3 is 0 Å². The van der Waals surface area contributed by atoms with Crippen LogP contribution in [0.15, 0.2) is 30.5 Å². The van der Waals surface area contributed by atoms with Gasteiger partial charge in [0.25, 0.3) is 0 Å². The van der Waals surface area contributed by atoms with E-state index in [4.69, 9.17) is 4.98 Å². The minimum absolute atomic E-state index is 0.760. The number of rotatable bonds is 4. The average molecular weight is 311 g/mol. The summed E-state index contributed by atoms with van der Waals surface area (Å²) in [5, 5.41) is 8.48. The van der Waals surface area contributed by atoms with Crippen molar-refractivity contribution >= 4 is 17.5 Å². The summed E-state index contributed by atoms with van der Waals surface area (Å²) in [6, 6.07) is 8.48. The molecule has 0 atom stereocenters. The third-order valence-electron chi connectivity index (χ3n) is 4.33. The minimum atomic E-state index is 0.760. The van der Waals surface area contributed by atoms with Gasteiger partial charge in [0.15, 0.2) is 5.82 Å². The summed E-state index contributed by atoms with van der Waals surface area (Å²) in [7, 11) is 0. The van der Waals surface area contributed by atoms with Crippen LogP contribution in [0.25, 0.3) is 0 Å². The van der Waals surface area contributed by atoms with Crippen molar-refractivity contribution in [2.24, 2.45) is 0 Å². The topological polar surface area (TPSA) is 45.2 Å². The van der Waals surface area contributed by atoms with Crippen LogP contribution in [-0.2, 0) is 0 Å². The molecule has 0 saturated carbocycles. The number of anilines is 3. The van der Waals surface area contributed by atoms with Crippen molar-refractivity contribution < 1.29 is 0 Å². The molecule has 0 aliphatic carbocycles. The highest BCUT2D eigenvalue weighted by atomic mass is 15.3. The Morgan fingerprint density at radius 2 is 1.91 bits per heavy atom. The third kappa shape index (κ3) is 3.78. The quantitative estimate of drug-likeness (QED) is 0.861. The predicted molar refractivity (Wildman–Crippen MR) is 94.4 cm³/mol. The molecule has 2 heterocycles. The van der Waals surface area contributed by atoms with Gasteiger partial charge in [0.2, 0.25) is 5.95 Å². The van der Waals surface area contributed by atoms with Crippen LogP contribution < -0.4 is 9.80 Å². The van der Waals surface area contributed by atoms with Crippen LogP contribution in [0, 0.1) is 6.92 Å². The second-order valence-electron chi connectivity index (χ2n) is 6.10. The Bertz CT molecular complexity index is 635. The van der Waals surface area contributed by atoms with Gasteiger partial charge in [0, 0.05) is 25.3 Å². The van der Waals surface area contributed by atoms with Gasteiger partial charge in [-0.05, 0) is 44.4 Å². The van der Waals surface area contributed by atoms with Gasteiger partial charge in [-0.1, -0.05) is 25.0 Å². The van der Waals surface area contributed by atoms with E-state index in [0.29, 0.717) is 0 Å². The first-order valence-corrected chi connectivity index (χ1v) is 8.57. The van der Waals surface area contributed by atoms with Crippen LogP contribution in [0.5, 0.6) is 0 Å². The number of hydrogen-bond donors (Lipinski definition) is 0. The van der Waals surface area contributed by atoms with Gasteiger partial charge in [0.1, 0.15) is 0 Å². The molecule has 1 aliphatic heterocycles. The number of benzene rings is 1. The van der Waals surface area contributed by atoms with Gasteiger partial charge in [-0.2, -0.15) is 10.1 Å². The van der Waals surface area contributed by atoms with Gasteiger partial charge < -0.3 is 9.80 Å². The lowest BCUT2D eigenvalue weighted by atomic mass is 10.2. The summed E-state index contributed by atoms with van der Waals surface area (Å²) in [6.07, 6.45) is 6.78. The zero-order valence-corrected chi connectivity index (χ0v) is 14.1. The Kier molecular flexibility index (Phi) is 5.05. The average Bonchev–Trinajstić information content (AvgIpc) is 2.85. The first-order valence-electron chi connectivity index (χ1n) is 8.57. The van der Waals surface area contributed by atoms with Crippen LogP contribution in [-0.4, -0.2) is 34.8 Å². The highest BCUT2D eigenvalue weighted by Gasteiger charge is 2.16. The molecule has 0 unspecified atom stereocenters. The molecule has 5 nitrogen and oxygen atoms in total. The van der Waals surface area contributed by atoms with Crippen LogP contribution in [0.1, 0.15) is 38.2 Å². The maximum absolute atomic E-state index is 4.79. The van der Waals surface area contributed by atoms with Crippen molar-refractivity contribution in [1.82, 2.24) is 15.2 Å². The molecule has 0 amide bonds. The SMILES string of the molecule is CCN(c1cccc(C)c1)c1cnnc(N2CCCCCC2)n1. The molecule has 1 aromatic heterocycles. The van der Waals surface area contributed by atoms with Gasteiger partial charge in [-0.3, -0.25) is 0 Å². The third-order valence-corrected chi connectivity index (χ3v) is 4.33. The Balaban J connectivity index is 1.87. The van der Waals surface area contributed by atoms with Crippen molar-refractivity contribution in [3.8, 4) is 0 Å². The van der Waals surface area contributed by atoms with Crippen molar-refractivity contribution in [2.75, 3.05) is 29.4 Å². The largest absolute Gasteiger partial charge is 0.339 e. The molecule has 0 N–H and O–H groups in total. The number of hydrogen-bond acceptors (Lipinski definition) is 5. The van der Waals surface area contributed by atoms with Crippen LogP contribution in [0.4, 0.5) is 17.5 Å². The standard InChI is InChI=1S/C18H25N5/c1-3-23(16-10-8-9-15(2)13-16)17-14-19-21-18(20-17)22-11-6-4-5-7-12-22/h8-10,13-14H,3-7,11-12H2,1-2H3. The summed E-state index contributed by atoms with van der Waals surface area (Å²) < 4.78 is 0. The van der Waals surface area contributed by atoms with E-state index in [1.807, 2.05) is 0 Å². The van der Waals surface area contributed by atoms with E-state index in [2.05, 4.69) is 58.1 Å². The molecule has 2 aromatic rings. The molecule has 3 rings (SSSR count). The molecule has 0 bridgehead atoms. The van der Waals surface area contributed by atoms with Gasteiger partial charge in [-0.15, -0.1) is 5.10 Å². The number of aromatic nitrogens is 3. The molecule has 1 aliphatic rings. The van der Waals surface area contributed by atoms with E-state index in [0.717, 1.165) is 37.1 Å². The van der Waals surface area contributed by atoms with E-state index in [1.54, 1.807) is 6.20 Å². The zero-order chi connectivity index (χ0) is 16.1. The Hall–Kier alpha value is -2.17. The monoisotopic (exact) mass is 311 g/mol. The Labute approximate surface area is 138 Å². The number of aryl methyl sites for hydroxylation is 1. The fourth-order valence-electron chi connectivity index (χ4n) is 3.09. The lowest BCUT2D eigenvalue weighted by molar-refractivity contribution is 0.726. The van der Waals surface area contributed by atoms with Gasteiger partial charge in [-0.25, -0.2) is 0 Å². The van der Waals surface area contributed by atoms with Crippen LogP contribution >= 0.6 is 0 Å². The van der Waals surface area contributed by atoms with Crippen LogP contribution in [0.2, 0.25) is 0 Å². The smallest absolute Gasteiger partial charge is 0.247 e. The maximum Gasteiger partial charge on any atom is 0.247 e. The molecule has 1 saturated heterocycles. The molecule has 5 heteroatoms. The first-order chi connectivity index (χ1) is 11.3. The molecule has 0 spiro atoms. The second-order valence-corrected chi connectivity index (χ2v) is 6.10. The fraction of sp³-hybridized carbons (Fsp3) is 0.500. The summed E-state index contributed by atoms with van der Waals surface area (Å²) in [5.41, 5.74) is 2.39. The highest BCUT2D eigenvalue weighted by molar-refractivity contribution is 5.60. The maximum atomic E-state index is 4.79. The summed E-state index contributed by atoms with van der Waals surface area (Å²) >= 11 is 0. The fourth-order valence-corrected chi connectivity index (χ4v) is 3.09. The lowest BCUT2D eigenvalue weighted by Crippen LogP contribution is -2.27. The highest BCUT2D eigenvalue weighted by Crippen LogP contribution is 2.25. The minimum Gasteiger partial charge on any atom is -0.339 e. The summed E-state index contributed by atoms with van der Waals surface area (Å²) in [5.74, 6) is 1.63. The van der Waals surface area contributed by atoms with E-state index in [-0.39, 0.29) is 0 Å². The van der Waals surface area contributed by atoms with Gasteiger partial charge in [0.05, 0.1) is 6.20 Å². The van der Waals surface area contributed by atoms with E-state index in [1.165, 1.54) is 31.2 Å². The zero-order valence-electron chi connectivity index (χ0n) is 14.1. The molecule has 23 heavy (non-hydrogen) atoms. The van der Waals surface area contributed by atoms with Crippen molar-refractivity contribution in [1.29, 1.82) is 0 Å². The lowest BCUT2D eigenvalue weighted by Gasteiger charge is -2.24. The molecule has 1 fully saturated rings. The second kappa shape index (κ2) is 7.40. The Morgan fingerprint density at radius 3 is 2.61 bits per heavy atom. The Morgan fingerprint density at radius 1 is 1.13 bits per heavy atom. The van der Waals surface area contributed by atoms with E-state index in [9.17, 15) is 0 Å². The first kappa shape index (κ1) is 15.7. The van der Waals surface area contributed by atoms with E-state index >= 15 is 0 Å². The molecular weight excluding hydrogens is 286 g/mol. The predicted octanol–water partition coefficient (Wildman–Crippen LogP) is 3.72. The molecule has 1 aromatic carbocycles.